The molecule has 1 saturated carbocycles. The summed E-state index contributed by atoms with van der Waals surface area (Å²) in [5.74, 6) is 0.953. The highest BCUT2D eigenvalue weighted by atomic mass is 15.2. The fraction of sp³-hybridized carbons (Fsp3) is 0.875. The minimum atomic E-state index is 0.416. The second kappa shape index (κ2) is 5.34. The Morgan fingerprint density at radius 2 is 2.28 bits per heavy atom. The Kier molecular flexibility index (Phi) is 3.76. The zero-order valence-electron chi connectivity index (χ0n) is 11.9. The number of hydrogen-bond acceptors (Lipinski definition) is 2. The first kappa shape index (κ1) is 12.7. The highest BCUT2D eigenvalue weighted by Crippen LogP contribution is 2.40. The van der Waals surface area contributed by atoms with Gasteiger partial charge in [0.2, 0.25) is 0 Å². The lowest BCUT2D eigenvalue weighted by molar-refractivity contribution is 0.128. The van der Waals surface area contributed by atoms with E-state index in [0.717, 1.165) is 5.92 Å². The Balaban J connectivity index is 1.48. The number of piperazine rings is 1. The van der Waals surface area contributed by atoms with E-state index in [9.17, 15) is 0 Å². The fourth-order valence-corrected chi connectivity index (χ4v) is 3.72. The second-order valence-corrected chi connectivity index (χ2v) is 6.75. The van der Waals surface area contributed by atoms with Gasteiger partial charge in [-0.3, -0.25) is 4.90 Å². The van der Waals surface area contributed by atoms with Gasteiger partial charge in [0.05, 0.1) is 0 Å². The van der Waals surface area contributed by atoms with Crippen LogP contribution in [-0.4, -0.2) is 36.6 Å². The van der Waals surface area contributed by atoms with Gasteiger partial charge in [0.25, 0.3) is 0 Å². The quantitative estimate of drug-likeness (QED) is 0.770. The highest BCUT2D eigenvalue weighted by molar-refractivity contribution is 5.06. The molecule has 2 aliphatic carbocycles. The van der Waals surface area contributed by atoms with E-state index in [1.807, 2.05) is 0 Å². The van der Waals surface area contributed by atoms with Crippen molar-refractivity contribution < 1.29 is 0 Å². The molecule has 1 saturated heterocycles. The molecule has 102 valence electrons. The molecular weight excluding hydrogens is 220 g/mol. The van der Waals surface area contributed by atoms with Crippen LogP contribution in [0.2, 0.25) is 0 Å². The van der Waals surface area contributed by atoms with Crippen LogP contribution in [0.15, 0.2) is 11.6 Å². The first-order valence-corrected chi connectivity index (χ1v) is 7.91. The molecule has 2 fully saturated rings. The predicted molar refractivity (Wildman–Crippen MR) is 76.7 cm³/mol. The molecule has 18 heavy (non-hydrogen) atoms. The van der Waals surface area contributed by atoms with Gasteiger partial charge in [-0.25, -0.2) is 0 Å². The average Bonchev–Trinajstić information content (AvgIpc) is 3.22. The molecule has 3 rings (SSSR count). The lowest BCUT2D eigenvalue weighted by Crippen LogP contribution is -2.60. The molecule has 1 unspecified atom stereocenters. The maximum atomic E-state index is 3.77. The lowest BCUT2D eigenvalue weighted by Gasteiger charge is -2.42. The summed E-state index contributed by atoms with van der Waals surface area (Å²) in [5.41, 5.74) is 2.15. The van der Waals surface area contributed by atoms with Gasteiger partial charge in [0, 0.05) is 31.7 Å². The first-order valence-electron chi connectivity index (χ1n) is 7.91. The Labute approximate surface area is 112 Å². The Morgan fingerprint density at radius 1 is 1.39 bits per heavy atom. The summed E-state index contributed by atoms with van der Waals surface area (Å²) >= 11 is 0. The summed E-state index contributed by atoms with van der Waals surface area (Å²) in [6.45, 7) is 7.43. The maximum absolute atomic E-state index is 3.77. The third-order valence-corrected chi connectivity index (χ3v) is 5.12. The van der Waals surface area contributed by atoms with E-state index < -0.39 is 0 Å². The van der Waals surface area contributed by atoms with Gasteiger partial charge in [-0.1, -0.05) is 11.6 Å². The molecule has 0 aromatic heterocycles. The van der Waals surface area contributed by atoms with Crippen molar-refractivity contribution >= 4 is 0 Å². The third kappa shape index (κ3) is 2.97. The molecule has 0 aromatic rings. The largest absolute Gasteiger partial charge is 0.309 e. The van der Waals surface area contributed by atoms with Gasteiger partial charge in [-0.05, 0) is 57.8 Å². The Hall–Kier alpha value is -0.340. The predicted octanol–water partition coefficient (Wildman–Crippen LogP) is 2.95. The van der Waals surface area contributed by atoms with Crippen molar-refractivity contribution in [3.8, 4) is 0 Å². The average molecular weight is 248 g/mol. The molecule has 2 nitrogen and oxygen atoms in total. The minimum Gasteiger partial charge on any atom is -0.309 e. The van der Waals surface area contributed by atoms with Crippen molar-refractivity contribution in [1.29, 1.82) is 0 Å². The molecule has 1 atom stereocenters. The SMILES string of the molecule is CC1(C2CC2)CN(CCC2=CCCCC2)CCN1. The second-order valence-electron chi connectivity index (χ2n) is 6.75. The molecule has 1 heterocycles. The van der Waals surface area contributed by atoms with Gasteiger partial charge < -0.3 is 5.32 Å². The van der Waals surface area contributed by atoms with Crippen molar-refractivity contribution in [2.45, 2.75) is 57.4 Å². The van der Waals surface area contributed by atoms with Gasteiger partial charge in [0.1, 0.15) is 0 Å². The zero-order valence-corrected chi connectivity index (χ0v) is 11.9. The van der Waals surface area contributed by atoms with E-state index in [0.29, 0.717) is 5.54 Å². The molecule has 2 heteroatoms. The van der Waals surface area contributed by atoms with Gasteiger partial charge >= 0.3 is 0 Å². The fourth-order valence-electron chi connectivity index (χ4n) is 3.72. The van der Waals surface area contributed by atoms with Crippen molar-refractivity contribution in [2.24, 2.45) is 5.92 Å². The van der Waals surface area contributed by atoms with Crippen LogP contribution in [0.1, 0.15) is 51.9 Å². The van der Waals surface area contributed by atoms with Gasteiger partial charge in [0.15, 0.2) is 0 Å². The van der Waals surface area contributed by atoms with Crippen LogP contribution in [-0.2, 0) is 0 Å². The minimum absolute atomic E-state index is 0.416. The third-order valence-electron chi connectivity index (χ3n) is 5.12. The molecule has 1 N–H and O–H groups in total. The molecule has 0 spiro atoms. The van der Waals surface area contributed by atoms with E-state index in [-0.39, 0.29) is 0 Å². The van der Waals surface area contributed by atoms with Gasteiger partial charge in [-0.15, -0.1) is 0 Å². The number of hydrogen-bond donors (Lipinski definition) is 1. The van der Waals surface area contributed by atoms with Crippen LogP contribution in [0, 0.1) is 5.92 Å². The number of nitrogens with zero attached hydrogens (tertiary/aromatic N) is 1. The van der Waals surface area contributed by atoms with Crippen LogP contribution < -0.4 is 5.32 Å². The van der Waals surface area contributed by atoms with Crippen LogP contribution >= 0.6 is 0 Å². The monoisotopic (exact) mass is 248 g/mol. The summed E-state index contributed by atoms with van der Waals surface area (Å²) in [7, 11) is 0. The number of allylic oxidation sites excluding steroid dienone is 1. The molecular formula is C16H28N2. The zero-order chi connectivity index (χ0) is 12.4. The molecule has 1 aliphatic heterocycles. The molecule has 0 bridgehead atoms. The maximum Gasteiger partial charge on any atom is 0.0309 e. The van der Waals surface area contributed by atoms with Crippen molar-refractivity contribution in [3.63, 3.8) is 0 Å². The summed E-state index contributed by atoms with van der Waals surface area (Å²) < 4.78 is 0. The van der Waals surface area contributed by atoms with Crippen LogP contribution in [0.25, 0.3) is 0 Å². The van der Waals surface area contributed by atoms with E-state index in [4.69, 9.17) is 0 Å². The van der Waals surface area contributed by atoms with E-state index in [1.54, 1.807) is 5.57 Å². The van der Waals surface area contributed by atoms with Crippen molar-refractivity contribution in [2.75, 3.05) is 26.2 Å². The first-order chi connectivity index (χ1) is 8.76. The highest BCUT2D eigenvalue weighted by Gasteiger charge is 2.43. The number of nitrogens with one attached hydrogen (secondary N) is 1. The Bertz CT molecular complexity index is 319. The van der Waals surface area contributed by atoms with Crippen LogP contribution in [0.4, 0.5) is 0 Å². The van der Waals surface area contributed by atoms with E-state index in [2.05, 4.69) is 23.2 Å². The number of rotatable bonds is 4. The molecule has 0 radical (unpaired) electrons. The standard InChI is InChI=1S/C16H28N2/c1-16(15-7-8-15)13-18(12-10-17-16)11-9-14-5-3-2-4-6-14/h5,15,17H,2-4,6-13H2,1H3. The topological polar surface area (TPSA) is 15.3 Å². The van der Waals surface area contributed by atoms with Crippen LogP contribution in [0.3, 0.4) is 0 Å². The molecule has 0 amide bonds. The summed E-state index contributed by atoms with van der Waals surface area (Å²) in [4.78, 5) is 2.70. The summed E-state index contributed by atoms with van der Waals surface area (Å²) in [6, 6.07) is 0. The molecule has 3 aliphatic rings. The van der Waals surface area contributed by atoms with E-state index in [1.165, 1.54) is 71.1 Å². The summed E-state index contributed by atoms with van der Waals surface area (Å²) in [6.07, 6.45) is 12.3. The van der Waals surface area contributed by atoms with Crippen molar-refractivity contribution in [1.82, 2.24) is 10.2 Å². The Morgan fingerprint density at radius 3 is 3.00 bits per heavy atom. The lowest BCUT2D eigenvalue weighted by atomic mass is 9.92. The normalized spacial score (nSPS) is 34.4. The smallest absolute Gasteiger partial charge is 0.0309 e. The van der Waals surface area contributed by atoms with Crippen molar-refractivity contribution in [3.05, 3.63) is 11.6 Å². The van der Waals surface area contributed by atoms with Gasteiger partial charge in [-0.2, -0.15) is 0 Å². The molecule has 0 aromatic carbocycles. The van der Waals surface area contributed by atoms with Crippen LogP contribution in [0.5, 0.6) is 0 Å². The summed E-state index contributed by atoms with van der Waals surface area (Å²) in [5, 5.41) is 3.77. The van der Waals surface area contributed by atoms with E-state index >= 15 is 0 Å².